The second-order valence-corrected chi connectivity index (χ2v) is 12.8. The number of para-hydroxylation sites is 1. The van der Waals surface area contributed by atoms with Crippen LogP contribution in [0.4, 0.5) is 10.5 Å². The lowest BCUT2D eigenvalue weighted by atomic mass is 9.97. The molecule has 0 spiro atoms. The molecule has 6 heterocycles. The number of likely N-dealkylation sites (tertiary alicyclic amines) is 1. The predicted octanol–water partition coefficient (Wildman–Crippen LogP) is 5.15. The number of piperidine rings is 1. The molecule has 252 valence electrons. The number of nitrogens with zero attached hydrogens (tertiary/aromatic N) is 9. The van der Waals surface area contributed by atoms with Gasteiger partial charge in [0.25, 0.3) is 5.56 Å². The molecule has 0 aliphatic carbocycles. The summed E-state index contributed by atoms with van der Waals surface area (Å²) in [4.78, 5) is 50.3. The maximum Gasteiger partial charge on any atom is 0.409 e. The van der Waals surface area contributed by atoms with Crippen molar-refractivity contribution in [3.63, 3.8) is 0 Å². The van der Waals surface area contributed by atoms with Crippen LogP contribution in [0.15, 0.2) is 72.2 Å². The van der Waals surface area contributed by atoms with Crippen LogP contribution in [-0.2, 0) is 9.53 Å². The number of carbonyl (C=O) groups excluding carboxylic acids is 2. The zero-order valence-corrected chi connectivity index (χ0v) is 27.8. The highest BCUT2D eigenvalue weighted by Gasteiger charge is 2.28. The first-order chi connectivity index (χ1) is 23.8. The van der Waals surface area contributed by atoms with Gasteiger partial charge in [-0.15, -0.1) is 5.10 Å². The number of amides is 2. The fraction of sp³-hybridized carbons (Fsp3) is 0.353. The Kier molecular flexibility index (Phi) is 8.95. The van der Waals surface area contributed by atoms with Gasteiger partial charge in [0, 0.05) is 48.6 Å². The first-order valence-electron chi connectivity index (χ1n) is 16.2. The molecule has 2 aliphatic rings. The van der Waals surface area contributed by atoms with Crippen LogP contribution in [0.25, 0.3) is 28.2 Å². The van der Waals surface area contributed by atoms with Gasteiger partial charge in [0.05, 0.1) is 54.5 Å². The Hall–Kier alpha value is -5.37. The van der Waals surface area contributed by atoms with Gasteiger partial charge in [-0.2, -0.15) is 5.10 Å². The quantitative estimate of drug-likeness (QED) is 0.271. The third-order valence-corrected chi connectivity index (χ3v) is 9.46. The molecule has 0 radical (unpaired) electrons. The molecule has 49 heavy (non-hydrogen) atoms. The number of benzene rings is 1. The normalized spacial score (nSPS) is 18.6. The minimum Gasteiger partial charge on any atom is -0.453 e. The van der Waals surface area contributed by atoms with Crippen molar-refractivity contribution in [1.29, 1.82) is 0 Å². The zero-order chi connectivity index (χ0) is 34.1. The summed E-state index contributed by atoms with van der Waals surface area (Å²) in [5.41, 5.74) is 4.31. The fourth-order valence-corrected chi connectivity index (χ4v) is 6.71. The number of nitrogens with one attached hydrogen (secondary N) is 1. The van der Waals surface area contributed by atoms with Crippen molar-refractivity contribution in [3.8, 4) is 28.2 Å². The second-order valence-electron chi connectivity index (χ2n) is 12.4. The lowest BCUT2D eigenvalue weighted by molar-refractivity contribution is -0.119. The maximum absolute atomic E-state index is 13.8. The molecule has 1 aromatic carbocycles. The van der Waals surface area contributed by atoms with E-state index in [0.29, 0.717) is 79.2 Å². The third-order valence-electron chi connectivity index (χ3n) is 9.28. The largest absolute Gasteiger partial charge is 0.453 e. The Balaban J connectivity index is 1.23. The molecule has 2 aliphatic heterocycles. The number of anilines is 1. The van der Waals surface area contributed by atoms with Crippen molar-refractivity contribution in [2.45, 2.75) is 51.1 Å². The van der Waals surface area contributed by atoms with Gasteiger partial charge < -0.3 is 15.0 Å². The van der Waals surface area contributed by atoms with Crippen LogP contribution >= 0.6 is 11.6 Å². The van der Waals surface area contributed by atoms with Crippen LogP contribution in [0.5, 0.6) is 0 Å². The van der Waals surface area contributed by atoms with E-state index < -0.39 is 6.04 Å². The molecular weight excluding hydrogens is 648 g/mol. The van der Waals surface area contributed by atoms with Crippen molar-refractivity contribution in [2.75, 3.05) is 25.5 Å². The third kappa shape index (κ3) is 6.55. The van der Waals surface area contributed by atoms with E-state index in [2.05, 4.69) is 15.6 Å². The van der Waals surface area contributed by atoms with Crippen LogP contribution in [0.2, 0.25) is 5.15 Å². The smallest absolute Gasteiger partial charge is 0.409 e. The lowest BCUT2D eigenvalue weighted by Crippen LogP contribution is -2.39. The van der Waals surface area contributed by atoms with Crippen molar-refractivity contribution < 1.29 is 14.3 Å². The van der Waals surface area contributed by atoms with E-state index in [-0.39, 0.29) is 34.7 Å². The van der Waals surface area contributed by atoms with Gasteiger partial charge in [-0.05, 0) is 43.9 Å². The second kappa shape index (κ2) is 13.6. The molecule has 2 bridgehead atoms. The minimum absolute atomic E-state index is 0.0438. The zero-order valence-electron chi connectivity index (χ0n) is 27.1. The number of aromatic nitrogens is 8. The molecule has 5 aromatic rings. The highest BCUT2D eigenvalue weighted by Crippen LogP contribution is 2.34. The average Bonchev–Trinajstić information content (AvgIpc) is 3.76. The summed E-state index contributed by atoms with van der Waals surface area (Å²) in [6, 6.07) is 12.4. The molecule has 0 unspecified atom stereocenters. The molecule has 7 rings (SSSR count). The van der Waals surface area contributed by atoms with Crippen LogP contribution in [0.3, 0.4) is 0 Å². The van der Waals surface area contributed by atoms with E-state index in [1.165, 1.54) is 13.2 Å². The van der Waals surface area contributed by atoms with E-state index >= 15 is 0 Å². The maximum atomic E-state index is 13.8. The number of methoxy groups -OCH3 is 1. The minimum atomic E-state index is -0.429. The van der Waals surface area contributed by atoms with Gasteiger partial charge in [-0.3, -0.25) is 23.8 Å². The lowest BCUT2D eigenvalue weighted by Gasteiger charge is -2.30. The Labute approximate surface area is 286 Å². The molecule has 2 atom stereocenters. The van der Waals surface area contributed by atoms with Crippen molar-refractivity contribution in [2.24, 2.45) is 5.92 Å². The molecule has 15 heteroatoms. The highest BCUT2D eigenvalue weighted by molar-refractivity contribution is 6.29. The summed E-state index contributed by atoms with van der Waals surface area (Å²) < 4.78 is 9.93. The summed E-state index contributed by atoms with van der Waals surface area (Å²) >= 11 is 6.02. The molecule has 1 saturated heterocycles. The number of carbonyl (C=O) groups is 2. The fourth-order valence-electron chi connectivity index (χ4n) is 6.58. The van der Waals surface area contributed by atoms with Gasteiger partial charge in [-0.1, -0.05) is 48.4 Å². The van der Waals surface area contributed by atoms with Gasteiger partial charge in [0.1, 0.15) is 5.69 Å². The number of hydrogen-bond donors (Lipinski definition) is 1. The van der Waals surface area contributed by atoms with E-state index in [0.717, 1.165) is 5.56 Å². The predicted molar refractivity (Wildman–Crippen MR) is 181 cm³/mol. The van der Waals surface area contributed by atoms with Crippen molar-refractivity contribution >= 4 is 29.3 Å². The molecule has 0 saturated carbocycles. The first kappa shape index (κ1) is 32.2. The molecule has 2 amide bonds. The number of ether oxygens (including phenoxy) is 1. The van der Waals surface area contributed by atoms with Crippen LogP contribution in [0, 0.1) is 5.92 Å². The summed E-state index contributed by atoms with van der Waals surface area (Å²) in [5.74, 6) is -0.367. The molecule has 4 aromatic heterocycles. The SMILES string of the molecule is COC(=O)N1CCC(n2cc3c(n2)-c2ccnc(c2)[C@@H](n2cnc(-c4ccccc4-n4cc(Cl)nn4)cc2=O)CCC[C@@H](C)C(=O)N3)CC1. The number of halogens is 1. The average molecular weight is 683 g/mol. The number of pyridine rings is 1. The van der Waals surface area contributed by atoms with E-state index in [4.69, 9.17) is 31.4 Å². The number of hydrogen-bond acceptors (Lipinski definition) is 9. The standard InChI is InChI=1S/C34H35ClN10O4/c1-21-6-5-9-29(43-20-37-25(17-31(43)46)24-7-3-4-8-28(24)45-19-30(35)39-41-45)26-16-22(10-13-36-26)32-27(38-33(21)47)18-44(40-32)23-11-14-42(15-12-23)34(48)49-2/h3-4,7-8,10,13,16-21,23,29H,5-6,9,11-12,14-15H2,1-2H3,(H,38,47)/t21-,29+/m1/s1. The van der Waals surface area contributed by atoms with Gasteiger partial charge in [-0.25, -0.2) is 14.5 Å². The summed E-state index contributed by atoms with van der Waals surface area (Å²) in [5, 5.41) is 16.3. The first-order valence-corrected chi connectivity index (χ1v) is 16.6. The van der Waals surface area contributed by atoms with Crippen LogP contribution < -0.4 is 10.9 Å². The Morgan fingerprint density at radius 1 is 1.02 bits per heavy atom. The topological polar surface area (TPSA) is 155 Å². The van der Waals surface area contributed by atoms with E-state index in [9.17, 15) is 14.4 Å². The van der Waals surface area contributed by atoms with Crippen LogP contribution in [-0.4, -0.2) is 76.4 Å². The Morgan fingerprint density at radius 3 is 2.59 bits per heavy atom. The summed E-state index contributed by atoms with van der Waals surface area (Å²) in [7, 11) is 1.38. The highest BCUT2D eigenvalue weighted by atomic mass is 35.5. The monoisotopic (exact) mass is 682 g/mol. The molecule has 1 N–H and O–H groups in total. The molecule has 1 fully saturated rings. The number of rotatable bonds is 4. The summed E-state index contributed by atoms with van der Waals surface area (Å²) in [6.45, 7) is 3.01. The van der Waals surface area contributed by atoms with E-state index in [1.807, 2.05) is 54.2 Å². The summed E-state index contributed by atoms with van der Waals surface area (Å²) in [6.07, 6.45) is 9.67. The Morgan fingerprint density at radius 2 is 1.84 bits per heavy atom. The molecule has 14 nitrogen and oxygen atoms in total. The van der Waals surface area contributed by atoms with Gasteiger partial charge in [0.15, 0.2) is 5.15 Å². The van der Waals surface area contributed by atoms with Crippen LogP contribution in [0.1, 0.15) is 56.8 Å². The van der Waals surface area contributed by atoms with Crippen molar-refractivity contribution in [3.05, 3.63) is 88.6 Å². The van der Waals surface area contributed by atoms with Gasteiger partial charge >= 0.3 is 6.09 Å². The Bertz CT molecular complexity index is 2070. The van der Waals surface area contributed by atoms with Crippen molar-refractivity contribution in [1.82, 2.24) is 44.2 Å². The number of fused-ring (bicyclic) bond motifs is 4. The van der Waals surface area contributed by atoms with Gasteiger partial charge in [0.2, 0.25) is 5.91 Å². The van der Waals surface area contributed by atoms with E-state index in [1.54, 1.807) is 32.9 Å². The molecular formula is C34H35ClN10O4.